The van der Waals surface area contributed by atoms with E-state index in [0.29, 0.717) is 29.6 Å². The van der Waals surface area contributed by atoms with Crippen LogP contribution in [0.1, 0.15) is 18.1 Å². The number of hydrogen-bond acceptors (Lipinski definition) is 2. The molecule has 0 saturated carbocycles. The number of amides is 1. The van der Waals surface area contributed by atoms with Crippen LogP contribution in [-0.2, 0) is 22.6 Å². The van der Waals surface area contributed by atoms with Crippen LogP contribution in [0.2, 0.25) is 10.0 Å². The third kappa shape index (κ3) is 2.85. The van der Waals surface area contributed by atoms with Gasteiger partial charge < -0.3 is 10.0 Å². The molecule has 1 aromatic rings. The number of fused-ring (bicyclic) bond motifs is 1. The van der Waals surface area contributed by atoms with Crippen LogP contribution in [0, 0.1) is 5.92 Å². The highest BCUT2D eigenvalue weighted by atomic mass is 35.5. The summed E-state index contributed by atoms with van der Waals surface area (Å²) in [5.41, 5.74) is 1.87. The Hall–Kier alpha value is -1.26. The van der Waals surface area contributed by atoms with Gasteiger partial charge >= 0.3 is 5.97 Å². The smallest absolute Gasteiger partial charge is 0.315 e. The van der Waals surface area contributed by atoms with Gasteiger partial charge in [0.2, 0.25) is 5.91 Å². The highest BCUT2D eigenvalue weighted by Crippen LogP contribution is 2.30. The molecular formula is C13H13Cl2NO3. The summed E-state index contributed by atoms with van der Waals surface area (Å²) < 4.78 is 0. The van der Waals surface area contributed by atoms with Gasteiger partial charge in [-0.15, -0.1) is 0 Å². The Kier molecular flexibility index (Phi) is 4.02. The molecule has 19 heavy (non-hydrogen) atoms. The van der Waals surface area contributed by atoms with E-state index >= 15 is 0 Å². The number of aliphatic carboxylic acids is 1. The summed E-state index contributed by atoms with van der Waals surface area (Å²) in [6.07, 6.45) is 0.614. The van der Waals surface area contributed by atoms with Crippen molar-refractivity contribution in [3.63, 3.8) is 0 Å². The van der Waals surface area contributed by atoms with E-state index < -0.39 is 11.9 Å². The fraction of sp³-hybridized carbons (Fsp3) is 0.385. The molecule has 0 saturated heterocycles. The molecule has 6 heteroatoms. The summed E-state index contributed by atoms with van der Waals surface area (Å²) in [4.78, 5) is 24.4. The van der Waals surface area contributed by atoms with Crippen LogP contribution in [0.5, 0.6) is 0 Å². The van der Waals surface area contributed by atoms with Crippen molar-refractivity contribution < 1.29 is 14.7 Å². The lowest BCUT2D eigenvalue weighted by atomic mass is 9.98. The molecule has 1 aromatic carbocycles. The minimum absolute atomic E-state index is 0.353. The average Bonchev–Trinajstić information content (AvgIpc) is 2.35. The molecule has 1 unspecified atom stereocenters. The molecule has 0 aromatic heterocycles. The third-order valence-electron chi connectivity index (χ3n) is 3.30. The van der Waals surface area contributed by atoms with Crippen LogP contribution in [0.3, 0.4) is 0 Å². The first kappa shape index (κ1) is 14.2. The van der Waals surface area contributed by atoms with Crippen molar-refractivity contribution in [3.05, 3.63) is 33.3 Å². The Labute approximate surface area is 120 Å². The van der Waals surface area contributed by atoms with Gasteiger partial charge in [-0.3, -0.25) is 9.59 Å². The van der Waals surface area contributed by atoms with Crippen LogP contribution in [-0.4, -0.2) is 28.4 Å². The molecule has 102 valence electrons. The standard InChI is InChI=1S/C13H13Cl2NO3/c1-7(13(18)19)12(17)16-3-2-10-8(6-16)4-9(14)5-11(10)15/h4-5,7H,2-3,6H2,1H3,(H,18,19). The number of carbonyl (C=O) groups excluding carboxylic acids is 1. The minimum atomic E-state index is -1.11. The zero-order valence-corrected chi connectivity index (χ0v) is 11.8. The zero-order valence-electron chi connectivity index (χ0n) is 10.3. The fourth-order valence-corrected chi connectivity index (χ4v) is 2.81. The SMILES string of the molecule is CC(C(=O)O)C(=O)N1CCc2c(Cl)cc(Cl)cc2C1. The lowest BCUT2D eigenvalue weighted by Gasteiger charge is -2.30. The van der Waals surface area contributed by atoms with Crippen molar-refractivity contribution in [2.24, 2.45) is 5.92 Å². The highest BCUT2D eigenvalue weighted by Gasteiger charge is 2.29. The van der Waals surface area contributed by atoms with Crippen molar-refractivity contribution in [3.8, 4) is 0 Å². The minimum Gasteiger partial charge on any atom is -0.481 e. The monoisotopic (exact) mass is 301 g/mol. The number of halogens is 2. The molecule has 0 radical (unpaired) electrons. The summed E-state index contributed by atoms with van der Waals surface area (Å²) >= 11 is 12.0. The molecular weight excluding hydrogens is 289 g/mol. The maximum Gasteiger partial charge on any atom is 0.315 e. The maximum absolute atomic E-state index is 12.0. The summed E-state index contributed by atoms with van der Waals surface area (Å²) in [5, 5.41) is 9.99. The van der Waals surface area contributed by atoms with Crippen LogP contribution in [0.25, 0.3) is 0 Å². The third-order valence-corrected chi connectivity index (χ3v) is 3.85. The second-order valence-electron chi connectivity index (χ2n) is 4.60. The summed E-state index contributed by atoms with van der Waals surface area (Å²) in [6, 6.07) is 3.45. The van der Waals surface area contributed by atoms with E-state index in [0.717, 1.165) is 11.1 Å². The van der Waals surface area contributed by atoms with E-state index in [9.17, 15) is 9.59 Å². The average molecular weight is 302 g/mol. The second-order valence-corrected chi connectivity index (χ2v) is 5.44. The van der Waals surface area contributed by atoms with Gasteiger partial charge in [-0.05, 0) is 36.6 Å². The Bertz CT molecular complexity index is 545. The number of nitrogens with zero attached hydrogens (tertiary/aromatic N) is 1. The molecule has 1 heterocycles. The first-order chi connectivity index (χ1) is 8.90. The van der Waals surface area contributed by atoms with E-state index in [-0.39, 0.29) is 5.91 Å². The molecule has 0 spiro atoms. The predicted molar refractivity (Wildman–Crippen MR) is 72.4 cm³/mol. The van der Waals surface area contributed by atoms with E-state index in [2.05, 4.69) is 0 Å². The lowest BCUT2D eigenvalue weighted by molar-refractivity contribution is -0.150. The Balaban J connectivity index is 2.23. The van der Waals surface area contributed by atoms with Crippen molar-refractivity contribution in [2.75, 3.05) is 6.54 Å². The van der Waals surface area contributed by atoms with Crippen LogP contribution < -0.4 is 0 Å². The molecule has 2 rings (SSSR count). The number of carbonyl (C=O) groups is 2. The fourth-order valence-electron chi connectivity index (χ4n) is 2.18. The lowest BCUT2D eigenvalue weighted by Crippen LogP contribution is -2.41. The van der Waals surface area contributed by atoms with E-state index in [1.807, 2.05) is 0 Å². The van der Waals surface area contributed by atoms with Gasteiger partial charge in [-0.25, -0.2) is 0 Å². The molecule has 0 fully saturated rings. The quantitative estimate of drug-likeness (QED) is 0.854. The van der Waals surface area contributed by atoms with Crippen molar-refractivity contribution in [1.82, 2.24) is 4.90 Å². The van der Waals surface area contributed by atoms with Crippen LogP contribution in [0.15, 0.2) is 12.1 Å². The predicted octanol–water partition coefficient (Wildman–Crippen LogP) is 2.60. The Morgan fingerprint density at radius 1 is 1.37 bits per heavy atom. The number of rotatable bonds is 2. The number of hydrogen-bond donors (Lipinski definition) is 1. The normalized spacial score (nSPS) is 15.8. The van der Waals surface area contributed by atoms with Gasteiger partial charge in [0.25, 0.3) is 0 Å². The highest BCUT2D eigenvalue weighted by molar-refractivity contribution is 6.35. The Morgan fingerprint density at radius 3 is 2.68 bits per heavy atom. The van der Waals surface area contributed by atoms with Crippen molar-refractivity contribution in [2.45, 2.75) is 19.9 Å². The number of carboxylic acids is 1. The molecule has 4 nitrogen and oxygen atoms in total. The van der Waals surface area contributed by atoms with Gasteiger partial charge in [0.15, 0.2) is 0 Å². The van der Waals surface area contributed by atoms with Crippen molar-refractivity contribution in [1.29, 1.82) is 0 Å². The molecule has 0 bridgehead atoms. The van der Waals surface area contributed by atoms with Gasteiger partial charge in [-0.1, -0.05) is 23.2 Å². The Morgan fingerprint density at radius 2 is 2.05 bits per heavy atom. The largest absolute Gasteiger partial charge is 0.481 e. The van der Waals surface area contributed by atoms with E-state index in [1.165, 1.54) is 11.8 Å². The molecule has 1 atom stereocenters. The first-order valence-electron chi connectivity index (χ1n) is 5.88. The molecule has 0 aliphatic carbocycles. The molecule has 1 N–H and O–H groups in total. The van der Waals surface area contributed by atoms with Gasteiger partial charge in [-0.2, -0.15) is 0 Å². The number of benzene rings is 1. The summed E-state index contributed by atoms with van der Waals surface area (Å²) in [7, 11) is 0. The van der Waals surface area contributed by atoms with Gasteiger partial charge in [0.1, 0.15) is 5.92 Å². The van der Waals surface area contributed by atoms with Crippen LogP contribution >= 0.6 is 23.2 Å². The molecule has 1 aliphatic heterocycles. The van der Waals surface area contributed by atoms with Crippen molar-refractivity contribution >= 4 is 35.1 Å². The van der Waals surface area contributed by atoms with Crippen LogP contribution in [0.4, 0.5) is 0 Å². The first-order valence-corrected chi connectivity index (χ1v) is 6.64. The molecule has 1 aliphatic rings. The van der Waals surface area contributed by atoms with Gasteiger partial charge in [0, 0.05) is 23.1 Å². The molecule has 1 amide bonds. The summed E-state index contributed by atoms with van der Waals surface area (Å²) in [6.45, 7) is 2.22. The summed E-state index contributed by atoms with van der Waals surface area (Å²) in [5.74, 6) is -2.52. The maximum atomic E-state index is 12.0. The van der Waals surface area contributed by atoms with E-state index in [1.54, 1.807) is 12.1 Å². The zero-order chi connectivity index (χ0) is 14.2. The second kappa shape index (κ2) is 5.39. The van der Waals surface area contributed by atoms with Gasteiger partial charge in [0.05, 0.1) is 0 Å². The number of carboxylic acid groups (broad SMARTS) is 1. The van der Waals surface area contributed by atoms with E-state index in [4.69, 9.17) is 28.3 Å². The topological polar surface area (TPSA) is 57.6 Å².